The molecule has 11 nitrogen and oxygen atoms in total. The first-order valence-corrected chi connectivity index (χ1v) is 17.9. The molecular formula is C39H42ClN7O4. The number of likely N-dealkylation sites (tertiary alicyclic amines) is 2. The molecule has 0 spiro atoms. The average molecular weight is 708 g/mol. The number of para-hydroxylation sites is 1. The van der Waals surface area contributed by atoms with Crippen molar-refractivity contribution in [2.45, 2.75) is 31.7 Å². The zero-order chi connectivity index (χ0) is 35.6. The molecule has 3 N–H and O–H groups in total. The number of rotatable bonds is 10. The molecule has 4 heterocycles. The SMILES string of the molecule is CNC(=O)[C@H](CCCc1ccccc1)NC(=O)C1CN(C(=O)Cc2c[nH]c3cc(Cl)ccc23)CC2CN(C(=O)c3nn(C)c4ccccc34)CC21. The summed E-state index contributed by atoms with van der Waals surface area (Å²) in [6.45, 7) is 1.36. The number of nitrogens with zero attached hydrogens (tertiary/aromatic N) is 4. The molecule has 4 atom stereocenters. The van der Waals surface area contributed by atoms with Gasteiger partial charge in [0.05, 0.1) is 17.9 Å². The summed E-state index contributed by atoms with van der Waals surface area (Å²) in [6.07, 6.45) is 3.92. The molecule has 7 rings (SSSR count). The Morgan fingerprint density at radius 1 is 0.941 bits per heavy atom. The Morgan fingerprint density at radius 2 is 1.71 bits per heavy atom. The quantitative estimate of drug-likeness (QED) is 0.199. The van der Waals surface area contributed by atoms with E-state index in [2.05, 4.69) is 20.7 Å². The number of piperidine rings is 1. The van der Waals surface area contributed by atoms with Gasteiger partial charge in [-0.15, -0.1) is 0 Å². The number of hydrogen-bond acceptors (Lipinski definition) is 5. The number of likely N-dealkylation sites (N-methyl/N-ethyl adjacent to an activating group) is 1. The van der Waals surface area contributed by atoms with Crippen molar-refractivity contribution >= 4 is 57.0 Å². The van der Waals surface area contributed by atoms with Crippen LogP contribution in [0.5, 0.6) is 0 Å². The molecule has 4 amide bonds. The van der Waals surface area contributed by atoms with E-state index in [4.69, 9.17) is 11.6 Å². The summed E-state index contributed by atoms with van der Waals surface area (Å²) in [5, 5.41) is 12.6. The Bertz CT molecular complexity index is 2090. The van der Waals surface area contributed by atoms with Gasteiger partial charge in [0.2, 0.25) is 17.7 Å². The van der Waals surface area contributed by atoms with Crippen LogP contribution in [0.1, 0.15) is 34.5 Å². The number of amides is 4. The lowest BCUT2D eigenvalue weighted by molar-refractivity contribution is -0.140. The number of aryl methyl sites for hydroxylation is 2. The number of nitrogens with one attached hydrogen (secondary N) is 3. The number of carbonyl (C=O) groups is 4. The minimum absolute atomic E-state index is 0.103. The number of carbonyl (C=O) groups excluding carboxylic acids is 4. The van der Waals surface area contributed by atoms with Crippen molar-refractivity contribution < 1.29 is 19.2 Å². The van der Waals surface area contributed by atoms with Crippen molar-refractivity contribution in [3.05, 3.63) is 101 Å². The first-order chi connectivity index (χ1) is 24.7. The number of hydrogen-bond donors (Lipinski definition) is 3. The normalized spacial score (nSPS) is 19.2. The second-order valence-corrected chi connectivity index (χ2v) is 14.2. The lowest BCUT2D eigenvalue weighted by atomic mass is 9.79. The summed E-state index contributed by atoms with van der Waals surface area (Å²) in [6, 6.07) is 22.5. The van der Waals surface area contributed by atoms with Gasteiger partial charge in [-0.3, -0.25) is 23.9 Å². The number of halogens is 1. The highest BCUT2D eigenvalue weighted by Gasteiger charge is 2.48. The van der Waals surface area contributed by atoms with Crippen molar-refractivity contribution in [1.29, 1.82) is 0 Å². The van der Waals surface area contributed by atoms with Crippen LogP contribution in [0.2, 0.25) is 5.02 Å². The van der Waals surface area contributed by atoms with Crippen LogP contribution in [0.25, 0.3) is 21.8 Å². The predicted octanol–water partition coefficient (Wildman–Crippen LogP) is 4.35. The monoisotopic (exact) mass is 707 g/mol. The topological polar surface area (TPSA) is 132 Å². The molecule has 0 aliphatic carbocycles. The molecule has 2 saturated heterocycles. The Kier molecular flexibility index (Phi) is 9.82. The second-order valence-electron chi connectivity index (χ2n) is 13.8. The highest BCUT2D eigenvalue weighted by molar-refractivity contribution is 6.31. The number of benzene rings is 3. The van der Waals surface area contributed by atoms with E-state index in [1.807, 2.05) is 80.0 Å². The van der Waals surface area contributed by atoms with Crippen molar-refractivity contribution in [3.8, 4) is 0 Å². The molecule has 3 aromatic carbocycles. The largest absolute Gasteiger partial charge is 0.361 e. The van der Waals surface area contributed by atoms with Gasteiger partial charge in [-0.25, -0.2) is 0 Å². The first-order valence-electron chi connectivity index (χ1n) is 17.5. The van der Waals surface area contributed by atoms with Crippen molar-refractivity contribution in [1.82, 2.24) is 35.2 Å². The summed E-state index contributed by atoms with van der Waals surface area (Å²) < 4.78 is 1.71. The molecule has 12 heteroatoms. The van der Waals surface area contributed by atoms with E-state index in [1.54, 1.807) is 27.6 Å². The van der Waals surface area contributed by atoms with E-state index in [9.17, 15) is 19.2 Å². The molecule has 2 aliphatic rings. The van der Waals surface area contributed by atoms with E-state index < -0.39 is 12.0 Å². The maximum atomic E-state index is 14.3. The molecule has 0 bridgehead atoms. The predicted molar refractivity (Wildman–Crippen MR) is 196 cm³/mol. The fraction of sp³-hybridized carbons (Fsp3) is 0.359. The Morgan fingerprint density at radius 3 is 2.51 bits per heavy atom. The smallest absolute Gasteiger partial charge is 0.275 e. The first kappa shape index (κ1) is 34.3. The summed E-state index contributed by atoms with van der Waals surface area (Å²) in [4.78, 5) is 62.0. The van der Waals surface area contributed by atoms with Crippen LogP contribution in [-0.2, 0) is 34.3 Å². The standard InChI is InChI=1S/C39H42ClN7O4/c1-41-38(50)32(13-8-11-24-9-4-3-5-10-24)43-37(49)31-23-46(35(48)17-25-19-42-33-18-27(40)15-16-28(25)33)20-26-21-47(22-30(26)31)39(51)36-29-12-6-7-14-34(29)45(2)44-36/h3-7,9-10,12,14-16,18-19,26,30-32,42H,8,11,13,17,20-23H2,1-2H3,(H,41,50)(H,43,49)/t26?,30?,31?,32-/m0/s1. The van der Waals surface area contributed by atoms with E-state index in [1.165, 1.54) is 5.56 Å². The van der Waals surface area contributed by atoms with E-state index in [-0.39, 0.29) is 48.4 Å². The molecule has 0 saturated carbocycles. The third kappa shape index (κ3) is 7.08. The maximum absolute atomic E-state index is 14.3. The summed E-state index contributed by atoms with van der Waals surface area (Å²) in [5.74, 6) is -1.78. The summed E-state index contributed by atoms with van der Waals surface area (Å²) in [5.41, 5.74) is 4.09. The molecule has 5 aromatic rings. The molecule has 2 fully saturated rings. The average Bonchev–Trinajstić information content (AvgIpc) is 3.85. The van der Waals surface area contributed by atoms with Gasteiger partial charge in [-0.2, -0.15) is 5.10 Å². The van der Waals surface area contributed by atoms with Gasteiger partial charge in [-0.05, 0) is 60.4 Å². The lowest BCUT2D eigenvalue weighted by Gasteiger charge is -2.40. The molecule has 3 unspecified atom stereocenters. The van der Waals surface area contributed by atoms with Gasteiger partial charge in [0.1, 0.15) is 6.04 Å². The summed E-state index contributed by atoms with van der Waals surface area (Å²) >= 11 is 6.19. The third-order valence-corrected chi connectivity index (χ3v) is 10.8. The van der Waals surface area contributed by atoms with E-state index >= 15 is 0 Å². The Labute approximate surface area is 301 Å². The molecular weight excluding hydrogens is 666 g/mol. The highest BCUT2D eigenvalue weighted by atomic mass is 35.5. The minimum atomic E-state index is -0.729. The van der Waals surface area contributed by atoms with Gasteiger partial charge >= 0.3 is 0 Å². The zero-order valence-electron chi connectivity index (χ0n) is 28.8. The van der Waals surface area contributed by atoms with Gasteiger partial charge in [0.25, 0.3) is 5.91 Å². The summed E-state index contributed by atoms with van der Waals surface area (Å²) in [7, 11) is 3.38. The van der Waals surface area contributed by atoms with E-state index in [0.717, 1.165) is 33.8 Å². The number of fused-ring (bicyclic) bond motifs is 3. The lowest BCUT2D eigenvalue weighted by Crippen LogP contribution is -2.56. The van der Waals surface area contributed by atoms with Gasteiger partial charge in [0.15, 0.2) is 5.69 Å². The van der Waals surface area contributed by atoms with Gasteiger partial charge < -0.3 is 25.4 Å². The molecule has 51 heavy (non-hydrogen) atoms. The number of H-pyrrole nitrogens is 1. The molecule has 2 aromatic heterocycles. The van der Waals surface area contributed by atoms with Crippen LogP contribution in [0.15, 0.2) is 79.0 Å². The third-order valence-electron chi connectivity index (χ3n) is 10.6. The van der Waals surface area contributed by atoms with Crippen molar-refractivity contribution in [2.75, 3.05) is 33.2 Å². The van der Waals surface area contributed by atoms with Crippen molar-refractivity contribution in [2.24, 2.45) is 24.8 Å². The van der Waals surface area contributed by atoms with Gasteiger partial charge in [0, 0.05) is 67.8 Å². The van der Waals surface area contributed by atoms with Crippen LogP contribution in [0.4, 0.5) is 0 Å². The molecule has 264 valence electrons. The highest BCUT2D eigenvalue weighted by Crippen LogP contribution is 2.37. The zero-order valence-corrected chi connectivity index (χ0v) is 29.5. The maximum Gasteiger partial charge on any atom is 0.275 e. The number of aromatic amines is 1. The minimum Gasteiger partial charge on any atom is -0.361 e. The fourth-order valence-corrected chi connectivity index (χ4v) is 8.07. The number of aromatic nitrogens is 3. The van der Waals surface area contributed by atoms with Crippen LogP contribution in [0.3, 0.4) is 0 Å². The molecule has 0 radical (unpaired) electrons. The fourth-order valence-electron chi connectivity index (χ4n) is 7.90. The Hall–Kier alpha value is -5.16. The van der Waals surface area contributed by atoms with Crippen LogP contribution in [0, 0.1) is 17.8 Å². The van der Waals surface area contributed by atoms with Crippen LogP contribution < -0.4 is 10.6 Å². The van der Waals surface area contributed by atoms with Crippen molar-refractivity contribution in [3.63, 3.8) is 0 Å². The van der Waals surface area contributed by atoms with E-state index in [0.29, 0.717) is 43.2 Å². The van der Waals surface area contributed by atoms with Gasteiger partial charge in [-0.1, -0.05) is 66.2 Å². The van der Waals surface area contributed by atoms with Crippen LogP contribution >= 0.6 is 11.6 Å². The molecule has 2 aliphatic heterocycles. The second kappa shape index (κ2) is 14.6. The van der Waals surface area contributed by atoms with Crippen LogP contribution in [-0.4, -0.2) is 87.5 Å². The Balaban J connectivity index is 1.12.